The summed E-state index contributed by atoms with van der Waals surface area (Å²) in [6.07, 6.45) is -0.0212. The monoisotopic (exact) mass is 246 g/mol. The van der Waals surface area contributed by atoms with E-state index in [-0.39, 0.29) is 12.3 Å². The number of carbonyl (C=O) groups is 3. The van der Waals surface area contributed by atoms with E-state index in [2.05, 4.69) is 22.7 Å². The average molecular weight is 246 g/mol. The Bertz CT molecular complexity index is 313. The molecule has 1 amide bonds. The smallest absolute Gasteiger partial charge is 0.440 e. The summed E-state index contributed by atoms with van der Waals surface area (Å²) in [5.41, 5.74) is 6.35. The largest absolute Gasteiger partial charge is 0.478 e. The van der Waals surface area contributed by atoms with Gasteiger partial charge in [-0.15, -0.1) is 5.48 Å². The van der Waals surface area contributed by atoms with E-state index in [0.29, 0.717) is 0 Å². The molecular weight excluding hydrogens is 232 g/mol. The molecule has 0 aromatic rings. The third-order valence-corrected chi connectivity index (χ3v) is 0.939. The third kappa shape index (κ3) is 13.5. The molecule has 17 heavy (non-hydrogen) atoms. The van der Waals surface area contributed by atoms with Crippen LogP contribution in [0.2, 0.25) is 0 Å². The second kappa shape index (κ2) is 10.0. The van der Waals surface area contributed by atoms with E-state index in [1.54, 1.807) is 12.4 Å². The van der Waals surface area contributed by atoms with Crippen molar-refractivity contribution in [3.63, 3.8) is 0 Å². The zero-order chi connectivity index (χ0) is 13.8. The van der Waals surface area contributed by atoms with Crippen LogP contribution in [0.15, 0.2) is 24.9 Å². The van der Waals surface area contributed by atoms with Gasteiger partial charge in [0.05, 0.1) is 6.61 Å². The van der Waals surface area contributed by atoms with Crippen molar-refractivity contribution >= 4 is 18.0 Å². The lowest BCUT2D eigenvalue weighted by atomic mass is 10.5. The number of aliphatic carboxylic acids is 1. The fourth-order valence-corrected chi connectivity index (χ4v) is 0.314. The molecule has 0 atom stereocenters. The van der Waals surface area contributed by atoms with Gasteiger partial charge in [-0.3, -0.25) is 0 Å². The highest BCUT2D eigenvalue weighted by atomic mass is 16.7. The first-order valence-electron chi connectivity index (χ1n) is 4.28. The van der Waals surface area contributed by atoms with Crippen molar-refractivity contribution in [1.29, 1.82) is 0 Å². The lowest BCUT2D eigenvalue weighted by molar-refractivity contribution is -0.145. The molecule has 0 aromatic carbocycles. The Morgan fingerprint density at radius 3 is 2.24 bits per heavy atom. The minimum atomic E-state index is -0.981. The van der Waals surface area contributed by atoms with E-state index >= 15 is 0 Å². The summed E-state index contributed by atoms with van der Waals surface area (Å²) >= 11 is 0. The van der Waals surface area contributed by atoms with Crippen LogP contribution in [0.5, 0.6) is 0 Å². The molecular formula is C9H14N2O6. The van der Waals surface area contributed by atoms with Crippen LogP contribution in [0.4, 0.5) is 4.79 Å². The van der Waals surface area contributed by atoms with Gasteiger partial charge in [0.1, 0.15) is 5.70 Å². The molecule has 96 valence electrons. The Hall–Kier alpha value is -2.51. The summed E-state index contributed by atoms with van der Waals surface area (Å²) in [4.78, 5) is 34.4. The summed E-state index contributed by atoms with van der Waals surface area (Å²) in [6.45, 7) is 7.85. The fraction of sp³-hybridized carbons (Fsp3) is 0.222. The zero-order valence-corrected chi connectivity index (χ0v) is 9.26. The van der Waals surface area contributed by atoms with Gasteiger partial charge in [0, 0.05) is 6.08 Å². The number of carboxylic acid groups (broad SMARTS) is 1. The van der Waals surface area contributed by atoms with Gasteiger partial charge in [-0.25, -0.2) is 14.4 Å². The molecule has 0 aromatic heterocycles. The van der Waals surface area contributed by atoms with E-state index in [0.717, 1.165) is 6.08 Å². The molecule has 0 spiro atoms. The molecule has 0 saturated heterocycles. The summed E-state index contributed by atoms with van der Waals surface area (Å²) in [5, 5.41) is 7.60. The van der Waals surface area contributed by atoms with Gasteiger partial charge >= 0.3 is 18.0 Å². The van der Waals surface area contributed by atoms with Gasteiger partial charge in [0.2, 0.25) is 0 Å². The summed E-state index contributed by atoms with van der Waals surface area (Å²) < 4.78 is 4.37. The van der Waals surface area contributed by atoms with E-state index in [1.807, 2.05) is 0 Å². The Kier molecular flexibility index (Phi) is 9.97. The molecule has 8 nitrogen and oxygen atoms in total. The second-order valence-electron chi connectivity index (χ2n) is 2.28. The third-order valence-electron chi connectivity index (χ3n) is 0.939. The van der Waals surface area contributed by atoms with Gasteiger partial charge in [-0.05, 0) is 6.92 Å². The number of rotatable bonds is 3. The molecule has 0 fully saturated rings. The molecule has 4 N–H and O–H groups in total. The van der Waals surface area contributed by atoms with Crippen LogP contribution in [-0.2, 0) is 19.2 Å². The van der Waals surface area contributed by atoms with Gasteiger partial charge < -0.3 is 20.4 Å². The van der Waals surface area contributed by atoms with Gasteiger partial charge in [-0.1, -0.05) is 13.2 Å². The summed E-state index contributed by atoms with van der Waals surface area (Å²) in [5.74, 6) is -1.90. The van der Waals surface area contributed by atoms with Crippen molar-refractivity contribution < 1.29 is 29.1 Å². The van der Waals surface area contributed by atoms with Crippen LogP contribution in [0.3, 0.4) is 0 Å². The number of nitrogens with two attached hydrogens (primary N) is 1. The number of amides is 1. The molecule has 0 aliphatic carbocycles. The minimum absolute atomic E-state index is 0.187. The van der Waals surface area contributed by atoms with Crippen LogP contribution in [-0.4, -0.2) is 29.7 Å². The first-order valence-corrected chi connectivity index (χ1v) is 4.28. The van der Waals surface area contributed by atoms with Gasteiger partial charge in [-0.2, -0.15) is 0 Å². The first-order chi connectivity index (χ1) is 7.84. The number of nitrogens with one attached hydrogen (secondary N) is 1. The molecule has 0 aliphatic heterocycles. The minimum Gasteiger partial charge on any atom is -0.478 e. The molecule has 0 heterocycles. The highest BCUT2D eigenvalue weighted by Crippen LogP contribution is 1.83. The Balaban J connectivity index is 0. The van der Waals surface area contributed by atoms with Crippen molar-refractivity contribution in [2.75, 3.05) is 6.61 Å². The predicted octanol–water partition coefficient (Wildman–Crippen LogP) is -0.0799. The molecule has 0 aliphatic rings. The Morgan fingerprint density at radius 2 is 1.94 bits per heavy atom. The maximum Gasteiger partial charge on any atom is 0.440 e. The summed E-state index contributed by atoms with van der Waals surface area (Å²) in [7, 11) is 0. The van der Waals surface area contributed by atoms with Crippen LogP contribution in [0.1, 0.15) is 6.92 Å². The highest BCUT2D eigenvalue weighted by molar-refractivity contribution is 5.87. The van der Waals surface area contributed by atoms with Gasteiger partial charge in [0.15, 0.2) is 0 Å². The topological polar surface area (TPSA) is 128 Å². The molecule has 0 rings (SSSR count). The van der Waals surface area contributed by atoms with Crippen LogP contribution < -0.4 is 11.2 Å². The standard InChI is InChI=1S/C6H10N2O4.C3H4O2/c1-3-11-6(10)8-12-5(9)4(2)7;1-2-3(4)5/h2-3,7H2,1H3,(H,8,10);2H,1H2,(H,4,5). The number of hydrogen-bond donors (Lipinski definition) is 3. The van der Waals surface area contributed by atoms with Crippen molar-refractivity contribution in [2.45, 2.75) is 6.92 Å². The van der Waals surface area contributed by atoms with Gasteiger partial charge in [0.25, 0.3) is 0 Å². The van der Waals surface area contributed by atoms with E-state index in [1.165, 1.54) is 0 Å². The average Bonchev–Trinajstić information content (AvgIpc) is 2.26. The number of carbonyl (C=O) groups excluding carboxylic acids is 2. The van der Waals surface area contributed by atoms with E-state index in [4.69, 9.17) is 10.8 Å². The van der Waals surface area contributed by atoms with E-state index < -0.39 is 18.0 Å². The lowest BCUT2D eigenvalue weighted by Gasteiger charge is -2.03. The molecule has 0 unspecified atom stereocenters. The fourth-order valence-electron chi connectivity index (χ4n) is 0.314. The number of carboxylic acids is 1. The highest BCUT2D eigenvalue weighted by Gasteiger charge is 2.07. The maximum absolute atomic E-state index is 10.5. The SMILES string of the molecule is C=C(N)C(=O)ONC(=O)OCC.C=CC(=O)O. The predicted molar refractivity (Wildman–Crippen MR) is 57.4 cm³/mol. The number of ether oxygens (including phenoxy) is 1. The van der Waals surface area contributed by atoms with Crippen molar-refractivity contribution in [2.24, 2.45) is 5.73 Å². The van der Waals surface area contributed by atoms with Crippen LogP contribution in [0.25, 0.3) is 0 Å². The molecule has 0 bridgehead atoms. The first kappa shape index (κ1) is 16.9. The van der Waals surface area contributed by atoms with E-state index in [9.17, 15) is 14.4 Å². The molecule has 0 saturated carbocycles. The lowest BCUT2D eigenvalue weighted by Crippen LogP contribution is -2.29. The zero-order valence-electron chi connectivity index (χ0n) is 9.26. The second-order valence-corrected chi connectivity index (χ2v) is 2.28. The maximum atomic E-state index is 10.5. The Labute approximate surface area is 97.6 Å². The number of hydrogen-bond acceptors (Lipinski definition) is 6. The van der Waals surface area contributed by atoms with Crippen LogP contribution >= 0.6 is 0 Å². The number of hydroxylamine groups is 1. The van der Waals surface area contributed by atoms with Crippen molar-refractivity contribution in [3.8, 4) is 0 Å². The summed E-state index contributed by atoms with van der Waals surface area (Å²) in [6, 6.07) is 0. The van der Waals surface area contributed by atoms with Crippen molar-refractivity contribution in [1.82, 2.24) is 5.48 Å². The Morgan fingerprint density at radius 1 is 1.47 bits per heavy atom. The molecule has 0 radical (unpaired) electrons. The molecule has 8 heteroatoms. The van der Waals surface area contributed by atoms with Crippen molar-refractivity contribution in [3.05, 3.63) is 24.9 Å². The normalized spacial score (nSPS) is 7.82. The van der Waals surface area contributed by atoms with Crippen LogP contribution in [0, 0.1) is 0 Å². The quantitative estimate of drug-likeness (QED) is 0.469.